The van der Waals surface area contributed by atoms with Gasteiger partial charge in [-0.05, 0) is 63.2 Å². The molecule has 6 nitrogen and oxygen atoms in total. The zero-order chi connectivity index (χ0) is 16.4. The maximum absolute atomic E-state index is 12.4. The normalized spacial score (nSPS) is 39.9. The van der Waals surface area contributed by atoms with E-state index in [9.17, 15) is 9.90 Å². The van der Waals surface area contributed by atoms with E-state index in [1.165, 1.54) is 19.3 Å². The second-order valence-corrected chi connectivity index (χ2v) is 9.68. The Bertz CT molecular complexity index is 657. The van der Waals surface area contributed by atoms with Gasteiger partial charge in [-0.2, -0.15) is 0 Å². The lowest BCUT2D eigenvalue weighted by atomic mass is 9.51. The van der Waals surface area contributed by atoms with Crippen molar-refractivity contribution in [2.45, 2.75) is 75.0 Å². The van der Waals surface area contributed by atoms with Crippen molar-refractivity contribution in [3.05, 3.63) is 10.0 Å². The number of aromatic nitrogens is 2. The highest BCUT2D eigenvalue weighted by Crippen LogP contribution is 2.57. The van der Waals surface area contributed by atoms with E-state index in [4.69, 9.17) is 0 Å². The van der Waals surface area contributed by atoms with Crippen molar-refractivity contribution >= 4 is 17.4 Å². The monoisotopic (exact) mass is 348 g/mol. The Morgan fingerprint density at radius 3 is 2.62 bits per heavy atom. The second-order valence-electron chi connectivity index (χ2n) is 8.58. The highest BCUT2D eigenvalue weighted by Gasteiger charge is 2.57. The highest BCUT2D eigenvalue weighted by atomic mass is 32.1. The van der Waals surface area contributed by atoms with Crippen molar-refractivity contribution in [1.82, 2.24) is 20.8 Å². The SMILES string of the molecule is O=C(NCc1nnc(C2CC2)s1)NC12CC3CC(CC(O)(C3)C1)C2. The summed E-state index contributed by atoms with van der Waals surface area (Å²) in [5, 5.41) is 27.3. The molecular formula is C17H24N4O2S. The first-order valence-corrected chi connectivity index (χ1v) is 9.93. The minimum Gasteiger partial charge on any atom is -0.390 e. The largest absolute Gasteiger partial charge is 0.390 e. The second kappa shape index (κ2) is 5.14. The molecule has 2 unspecified atom stereocenters. The number of nitrogens with zero attached hydrogens (tertiary/aromatic N) is 2. The number of nitrogens with one attached hydrogen (secondary N) is 2. The molecule has 3 N–H and O–H groups in total. The van der Waals surface area contributed by atoms with E-state index in [1.54, 1.807) is 11.3 Å². The van der Waals surface area contributed by atoms with Crippen LogP contribution in [0.4, 0.5) is 4.79 Å². The van der Waals surface area contributed by atoms with Gasteiger partial charge in [0.15, 0.2) is 0 Å². The van der Waals surface area contributed by atoms with Crippen molar-refractivity contribution in [2.24, 2.45) is 11.8 Å². The molecule has 130 valence electrons. The van der Waals surface area contributed by atoms with E-state index < -0.39 is 5.60 Å². The van der Waals surface area contributed by atoms with Crippen LogP contribution in [0, 0.1) is 11.8 Å². The Hall–Kier alpha value is -1.21. The summed E-state index contributed by atoms with van der Waals surface area (Å²) in [5.41, 5.74) is -0.751. The summed E-state index contributed by atoms with van der Waals surface area (Å²) < 4.78 is 0. The third-order valence-electron chi connectivity index (χ3n) is 6.22. The molecule has 0 spiro atoms. The lowest BCUT2D eigenvalue weighted by Gasteiger charge is -2.60. The Kier molecular flexibility index (Phi) is 3.23. The van der Waals surface area contributed by atoms with Crippen LogP contribution >= 0.6 is 11.3 Å². The molecule has 7 heteroatoms. The van der Waals surface area contributed by atoms with Gasteiger partial charge in [0.1, 0.15) is 10.0 Å². The summed E-state index contributed by atoms with van der Waals surface area (Å²) >= 11 is 1.61. The van der Waals surface area contributed by atoms with Crippen molar-refractivity contribution < 1.29 is 9.90 Å². The van der Waals surface area contributed by atoms with Crippen LogP contribution in [-0.2, 0) is 6.54 Å². The van der Waals surface area contributed by atoms with E-state index in [0.717, 1.165) is 35.7 Å². The fourth-order valence-electron chi connectivity index (χ4n) is 5.63. The van der Waals surface area contributed by atoms with Gasteiger partial charge in [-0.25, -0.2) is 4.79 Å². The maximum atomic E-state index is 12.4. The number of urea groups is 1. The average molecular weight is 348 g/mol. The molecule has 6 rings (SSSR count). The topological polar surface area (TPSA) is 87.1 Å². The minimum atomic E-state index is -0.546. The Morgan fingerprint density at radius 2 is 1.96 bits per heavy atom. The molecule has 2 amide bonds. The molecule has 1 heterocycles. The summed E-state index contributed by atoms with van der Waals surface area (Å²) in [6.45, 7) is 0.434. The van der Waals surface area contributed by atoms with Gasteiger partial charge in [0, 0.05) is 11.5 Å². The molecule has 2 atom stereocenters. The molecule has 0 aromatic carbocycles. The standard InChI is InChI=1S/C17H24N4O2S/c22-15(18-8-13-20-21-14(24-13)12-1-2-12)19-16-4-10-3-11(5-16)7-17(23,6-10)9-16/h10-12,23H,1-9H2,(H2,18,19,22). The van der Waals surface area contributed by atoms with Gasteiger partial charge in [0.2, 0.25) is 0 Å². The summed E-state index contributed by atoms with van der Waals surface area (Å²) in [4.78, 5) is 12.4. The van der Waals surface area contributed by atoms with Crippen molar-refractivity contribution in [2.75, 3.05) is 0 Å². The fraction of sp³-hybridized carbons (Fsp3) is 0.824. The number of aliphatic hydroxyl groups is 1. The number of amides is 2. The van der Waals surface area contributed by atoms with E-state index in [1.807, 2.05) is 0 Å². The third-order valence-corrected chi connectivity index (χ3v) is 7.30. The first kappa shape index (κ1) is 15.1. The van der Waals surface area contributed by atoms with Crippen molar-refractivity contribution in [1.29, 1.82) is 0 Å². The van der Waals surface area contributed by atoms with Crippen LogP contribution in [0.15, 0.2) is 0 Å². The van der Waals surface area contributed by atoms with Gasteiger partial charge in [-0.15, -0.1) is 10.2 Å². The van der Waals surface area contributed by atoms with Crippen LogP contribution in [0.2, 0.25) is 0 Å². The predicted octanol–water partition coefficient (Wildman–Crippen LogP) is 2.30. The maximum Gasteiger partial charge on any atom is 0.315 e. The molecule has 5 saturated carbocycles. The van der Waals surface area contributed by atoms with Gasteiger partial charge in [0.05, 0.1) is 12.1 Å². The number of carbonyl (C=O) groups is 1. The molecule has 1 aromatic rings. The molecular weight excluding hydrogens is 324 g/mol. The molecule has 5 aliphatic rings. The molecule has 0 saturated heterocycles. The number of rotatable bonds is 4. The summed E-state index contributed by atoms with van der Waals surface area (Å²) in [6.07, 6.45) is 8.25. The van der Waals surface area contributed by atoms with E-state index in [2.05, 4.69) is 20.8 Å². The number of hydrogen-bond acceptors (Lipinski definition) is 5. The summed E-state index contributed by atoms with van der Waals surface area (Å²) in [7, 11) is 0. The van der Waals surface area contributed by atoms with E-state index in [0.29, 0.717) is 30.7 Å². The van der Waals surface area contributed by atoms with Crippen LogP contribution in [0.5, 0.6) is 0 Å². The number of carbonyl (C=O) groups excluding carboxylic acids is 1. The lowest BCUT2D eigenvalue weighted by molar-refractivity contribution is -0.139. The number of hydrogen-bond donors (Lipinski definition) is 3. The van der Waals surface area contributed by atoms with Crippen molar-refractivity contribution in [3.8, 4) is 0 Å². The zero-order valence-corrected chi connectivity index (χ0v) is 14.6. The first-order valence-electron chi connectivity index (χ1n) is 9.12. The molecule has 24 heavy (non-hydrogen) atoms. The zero-order valence-electron chi connectivity index (χ0n) is 13.8. The van der Waals surface area contributed by atoms with E-state index >= 15 is 0 Å². The van der Waals surface area contributed by atoms with Gasteiger partial charge >= 0.3 is 6.03 Å². The van der Waals surface area contributed by atoms with Crippen LogP contribution < -0.4 is 10.6 Å². The van der Waals surface area contributed by atoms with Gasteiger partial charge in [-0.3, -0.25) is 0 Å². The molecule has 0 radical (unpaired) electrons. The van der Waals surface area contributed by atoms with Gasteiger partial charge in [-0.1, -0.05) is 11.3 Å². The fourth-order valence-corrected chi connectivity index (χ4v) is 6.59. The molecule has 5 fully saturated rings. The molecule has 0 aliphatic heterocycles. The summed E-state index contributed by atoms with van der Waals surface area (Å²) in [6, 6.07) is -0.135. The molecule has 5 aliphatic carbocycles. The first-order chi connectivity index (χ1) is 11.5. The smallest absolute Gasteiger partial charge is 0.315 e. The molecule has 4 bridgehead atoms. The average Bonchev–Trinajstić information content (AvgIpc) is 3.21. The van der Waals surface area contributed by atoms with Crippen LogP contribution in [0.3, 0.4) is 0 Å². The lowest BCUT2D eigenvalue weighted by Crippen LogP contribution is -2.66. The third kappa shape index (κ3) is 2.71. The predicted molar refractivity (Wildman–Crippen MR) is 89.6 cm³/mol. The van der Waals surface area contributed by atoms with Gasteiger partial charge in [0.25, 0.3) is 0 Å². The van der Waals surface area contributed by atoms with Crippen molar-refractivity contribution in [3.63, 3.8) is 0 Å². The minimum absolute atomic E-state index is 0.135. The quantitative estimate of drug-likeness (QED) is 0.779. The molecule has 1 aromatic heterocycles. The summed E-state index contributed by atoms with van der Waals surface area (Å²) in [5.74, 6) is 1.75. The van der Waals surface area contributed by atoms with Crippen LogP contribution in [-0.4, -0.2) is 32.5 Å². The van der Waals surface area contributed by atoms with Crippen LogP contribution in [0.25, 0.3) is 0 Å². The van der Waals surface area contributed by atoms with Crippen LogP contribution in [0.1, 0.15) is 67.3 Å². The highest BCUT2D eigenvalue weighted by molar-refractivity contribution is 7.11. The Balaban J connectivity index is 1.20. The Labute approximate surface area is 145 Å². The Morgan fingerprint density at radius 1 is 1.21 bits per heavy atom. The van der Waals surface area contributed by atoms with Gasteiger partial charge < -0.3 is 15.7 Å². The van der Waals surface area contributed by atoms with E-state index in [-0.39, 0.29) is 11.6 Å².